The summed E-state index contributed by atoms with van der Waals surface area (Å²) in [4.78, 5) is 41.2. The van der Waals surface area contributed by atoms with Gasteiger partial charge in [0.1, 0.15) is 6.54 Å². The second-order valence-corrected chi connectivity index (χ2v) is 11.4. The maximum Gasteiger partial charge on any atom is 0.409 e. The SMILES string of the molecule is CCOC(=O)N1CCC(NC(=O)CN2C(=O)CSc3ccc(S(=O)(=O)N4CCOCC4)cc32)CC1. The molecule has 1 aromatic rings. The van der Waals surface area contributed by atoms with E-state index in [4.69, 9.17) is 9.47 Å². The minimum atomic E-state index is -3.74. The quantitative estimate of drug-likeness (QED) is 0.579. The van der Waals surface area contributed by atoms with Crippen molar-refractivity contribution in [3.8, 4) is 0 Å². The van der Waals surface area contributed by atoms with E-state index < -0.39 is 10.0 Å². The normalized spacial score (nSPS) is 19.9. The number of hydrogen-bond donors (Lipinski definition) is 1. The monoisotopic (exact) mass is 526 g/mol. The zero-order valence-electron chi connectivity index (χ0n) is 19.6. The van der Waals surface area contributed by atoms with Gasteiger partial charge < -0.3 is 24.6 Å². The van der Waals surface area contributed by atoms with Gasteiger partial charge in [-0.15, -0.1) is 11.8 Å². The number of nitrogens with zero attached hydrogens (tertiary/aromatic N) is 3. The number of anilines is 1. The number of hydrogen-bond acceptors (Lipinski definition) is 8. The Labute approximate surface area is 209 Å². The summed E-state index contributed by atoms with van der Waals surface area (Å²) >= 11 is 1.32. The first-order chi connectivity index (χ1) is 16.8. The fourth-order valence-corrected chi connectivity index (χ4v) is 6.63. The van der Waals surface area contributed by atoms with Gasteiger partial charge in [0, 0.05) is 37.1 Å². The Bertz CT molecular complexity index is 1070. The molecule has 0 radical (unpaired) electrons. The molecule has 192 valence electrons. The lowest BCUT2D eigenvalue weighted by Crippen LogP contribution is -2.50. The van der Waals surface area contributed by atoms with E-state index in [0.29, 0.717) is 51.4 Å². The summed E-state index contributed by atoms with van der Waals surface area (Å²) in [5, 5.41) is 2.95. The topological polar surface area (TPSA) is 126 Å². The summed E-state index contributed by atoms with van der Waals surface area (Å²) in [7, 11) is -3.74. The Morgan fingerprint density at radius 3 is 2.57 bits per heavy atom. The van der Waals surface area contributed by atoms with E-state index in [-0.39, 0.29) is 54.2 Å². The van der Waals surface area contributed by atoms with Crippen LogP contribution in [-0.4, -0.2) is 99.9 Å². The van der Waals surface area contributed by atoms with Gasteiger partial charge in [0.25, 0.3) is 0 Å². The van der Waals surface area contributed by atoms with Gasteiger partial charge in [-0.2, -0.15) is 4.31 Å². The van der Waals surface area contributed by atoms with Crippen LogP contribution in [0.3, 0.4) is 0 Å². The highest BCUT2D eigenvalue weighted by molar-refractivity contribution is 8.00. The first kappa shape index (κ1) is 25.7. The van der Waals surface area contributed by atoms with Crippen molar-refractivity contribution in [1.82, 2.24) is 14.5 Å². The highest BCUT2D eigenvalue weighted by atomic mass is 32.2. The molecule has 0 unspecified atom stereocenters. The Morgan fingerprint density at radius 2 is 1.89 bits per heavy atom. The van der Waals surface area contributed by atoms with Gasteiger partial charge in [-0.1, -0.05) is 0 Å². The molecular weight excluding hydrogens is 496 g/mol. The summed E-state index contributed by atoms with van der Waals surface area (Å²) in [6.07, 6.45) is 0.827. The van der Waals surface area contributed by atoms with Crippen LogP contribution in [0.1, 0.15) is 19.8 Å². The minimum absolute atomic E-state index is 0.0881. The van der Waals surface area contributed by atoms with Crippen molar-refractivity contribution >= 4 is 45.4 Å². The van der Waals surface area contributed by atoms with Gasteiger partial charge in [0.05, 0.1) is 36.2 Å². The Kier molecular flexibility index (Phi) is 8.19. The fourth-order valence-electron chi connectivity index (χ4n) is 4.29. The molecule has 0 spiro atoms. The standard InChI is InChI=1S/C22H30N4O7S2/c1-2-33-22(29)24-7-5-16(6-8-24)23-20(27)14-26-18-13-17(3-4-19(18)34-15-21(26)28)35(30,31)25-9-11-32-12-10-25/h3-4,13,16H,2,5-12,14-15H2,1H3,(H,23,27). The number of carbonyl (C=O) groups excluding carboxylic acids is 3. The van der Waals surface area contributed by atoms with Crippen molar-refractivity contribution in [1.29, 1.82) is 0 Å². The molecule has 35 heavy (non-hydrogen) atoms. The van der Waals surface area contributed by atoms with Gasteiger partial charge in [0.15, 0.2) is 0 Å². The van der Waals surface area contributed by atoms with E-state index in [0.717, 1.165) is 4.90 Å². The number of likely N-dealkylation sites (tertiary alicyclic amines) is 1. The number of rotatable bonds is 6. The van der Waals surface area contributed by atoms with Crippen molar-refractivity contribution in [2.24, 2.45) is 0 Å². The van der Waals surface area contributed by atoms with Crippen molar-refractivity contribution in [2.45, 2.75) is 35.6 Å². The lowest BCUT2D eigenvalue weighted by Gasteiger charge is -2.33. The number of fused-ring (bicyclic) bond motifs is 1. The van der Waals surface area contributed by atoms with Crippen LogP contribution in [0.15, 0.2) is 28.0 Å². The molecule has 0 bridgehead atoms. The zero-order chi connectivity index (χ0) is 25.0. The summed E-state index contributed by atoms with van der Waals surface area (Å²) in [6.45, 7) is 4.04. The second-order valence-electron chi connectivity index (χ2n) is 8.44. The van der Waals surface area contributed by atoms with Gasteiger partial charge >= 0.3 is 6.09 Å². The minimum Gasteiger partial charge on any atom is -0.450 e. The molecule has 1 N–H and O–H groups in total. The first-order valence-corrected chi connectivity index (χ1v) is 14.1. The Morgan fingerprint density at radius 1 is 1.17 bits per heavy atom. The van der Waals surface area contributed by atoms with Crippen LogP contribution in [0.5, 0.6) is 0 Å². The smallest absolute Gasteiger partial charge is 0.409 e. The molecule has 4 rings (SSSR count). The van der Waals surface area contributed by atoms with Gasteiger partial charge in [-0.05, 0) is 38.0 Å². The number of thioether (sulfide) groups is 1. The summed E-state index contributed by atoms with van der Waals surface area (Å²) < 4.78 is 37.9. The van der Waals surface area contributed by atoms with Crippen LogP contribution < -0.4 is 10.2 Å². The van der Waals surface area contributed by atoms with E-state index in [2.05, 4.69) is 5.32 Å². The van der Waals surface area contributed by atoms with Crippen LogP contribution in [0, 0.1) is 0 Å². The van der Waals surface area contributed by atoms with Crippen LogP contribution in [0.25, 0.3) is 0 Å². The number of morpholine rings is 1. The molecule has 13 heteroatoms. The van der Waals surface area contributed by atoms with E-state index >= 15 is 0 Å². The largest absolute Gasteiger partial charge is 0.450 e. The molecule has 0 aliphatic carbocycles. The Balaban J connectivity index is 1.43. The molecule has 3 heterocycles. The number of piperidine rings is 1. The molecule has 2 saturated heterocycles. The van der Waals surface area contributed by atoms with E-state index in [1.54, 1.807) is 24.0 Å². The second kappa shape index (κ2) is 11.1. The third kappa shape index (κ3) is 5.90. The van der Waals surface area contributed by atoms with E-state index in [1.165, 1.54) is 27.0 Å². The highest BCUT2D eigenvalue weighted by Gasteiger charge is 2.32. The fraction of sp³-hybridized carbons (Fsp3) is 0.591. The van der Waals surface area contributed by atoms with Gasteiger partial charge in [-0.25, -0.2) is 13.2 Å². The zero-order valence-corrected chi connectivity index (χ0v) is 21.2. The van der Waals surface area contributed by atoms with Crippen molar-refractivity contribution in [3.05, 3.63) is 18.2 Å². The molecule has 2 fully saturated rings. The molecule has 3 aliphatic heterocycles. The van der Waals surface area contributed by atoms with E-state index in [9.17, 15) is 22.8 Å². The third-order valence-electron chi connectivity index (χ3n) is 6.17. The number of carbonyl (C=O) groups is 3. The average Bonchev–Trinajstić information content (AvgIpc) is 2.86. The van der Waals surface area contributed by atoms with Crippen LogP contribution >= 0.6 is 11.8 Å². The highest BCUT2D eigenvalue weighted by Crippen LogP contribution is 2.37. The average molecular weight is 527 g/mol. The molecule has 3 amide bonds. The molecule has 1 aromatic carbocycles. The van der Waals surface area contributed by atoms with E-state index in [1.807, 2.05) is 0 Å². The van der Waals surface area contributed by atoms with Crippen molar-refractivity contribution < 1.29 is 32.3 Å². The number of nitrogens with one attached hydrogen (secondary N) is 1. The maximum atomic E-state index is 13.1. The first-order valence-electron chi connectivity index (χ1n) is 11.7. The molecule has 0 aromatic heterocycles. The molecule has 11 nitrogen and oxygen atoms in total. The number of amides is 3. The molecule has 0 atom stereocenters. The summed E-state index contributed by atoms with van der Waals surface area (Å²) in [5.74, 6) is -0.406. The van der Waals surface area contributed by atoms with Crippen LogP contribution in [-0.2, 0) is 29.1 Å². The third-order valence-corrected chi connectivity index (χ3v) is 9.11. The molecular formula is C22H30N4O7S2. The van der Waals surface area contributed by atoms with Crippen molar-refractivity contribution in [2.75, 3.05) is 63.2 Å². The maximum absolute atomic E-state index is 13.1. The van der Waals surface area contributed by atoms with Crippen molar-refractivity contribution in [3.63, 3.8) is 0 Å². The lowest BCUT2D eigenvalue weighted by molar-refractivity contribution is -0.123. The predicted octanol–water partition coefficient (Wildman–Crippen LogP) is 0.883. The summed E-state index contributed by atoms with van der Waals surface area (Å²) in [6, 6.07) is 4.60. The van der Waals surface area contributed by atoms with Crippen LogP contribution in [0.4, 0.5) is 10.5 Å². The number of ether oxygens (including phenoxy) is 2. The van der Waals surface area contributed by atoms with Gasteiger partial charge in [0.2, 0.25) is 21.8 Å². The molecule has 3 aliphatic rings. The van der Waals surface area contributed by atoms with Gasteiger partial charge in [-0.3, -0.25) is 9.59 Å². The number of benzene rings is 1. The predicted molar refractivity (Wildman–Crippen MR) is 129 cm³/mol. The Hall–Kier alpha value is -2.35. The summed E-state index contributed by atoms with van der Waals surface area (Å²) in [5.41, 5.74) is 0.424. The number of sulfonamides is 1. The van der Waals surface area contributed by atoms with Crippen LogP contribution in [0.2, 0.25) is 0 Å². The molecule has 0 saturated carbocycles. The lowest BCUT2D eigenvalue weighted by atomic mass is 10.1.